The number of aliphatic hydroxyl groups is 1. The Kier molecular flexibility index (Phi) is 4.68. The van der Waals surface area contributed by atoms with Gasteiger partial charge in [0.1, 0.15) is 6.10 Å². The van der Waals surface area contributed by atoms with Gasteiger partial charge in [-0.15, -0.1) is 0 Å². The number of benzene rings is 1. The van der Waals surface area contributed by atoms with Gasteiger partial charge in [0.25, 0.3) is 11.5 Å². The Morgan fingerprint density at radius 1 is 1.30 bits per heavy atom. The van der Waals surface area contributed by atoms with E-state index < -0.39 is 12.0 Å². The largest absolute Gasteiger partial charge is 0.383 e. The van der Waals surface area contributed by atoms with E-state index in [4.69, 9.17) is 11.6 Å². The zero-order valence-electron chi connectivity index (χ0n) is 12.6. The highest BCUT2D eigenvalue weighted by Crippen LogP contribution is 2.29. The molecule has 3 rings (SSSR count). The summed E-state index contributed by atoms with van der Waals surface area (Å²) in [5, 5.41) is 14.3. The highest BCUT2D eigenvalue weighted by Gasteiger charge is 2.27. The molecule has 1 aromatic heterocycles. The van der Waals surface area contributed by atoms with Crippen molar-refractivity contribution in [3.63, 3.8) is 0 Å². The van der Waals surface area contributed by atoms with Crippen LogP contribution >= 0.6 is 11.6 Å². The smallest absolute Gasteiger partial charge is 0.255 e. The van der Waals surface area contributed by atoms with E-state index in [1.807, 2.05) is 0 Å². The molecule has 2 aromatic rings. The molecule has 6 heteroatoms. The molecule has 1 fully saturated rings. The molecular weight excluding hydrogens is 316 g/mol. The van der Waals surface area contributed by atoms with Gasteiger partial charge in [-0.25, -0.2) is 0 Å². The fraction of sp³-hybridized carbons (Fsp3) is 0.412. The van der Waals surface area contributed by atoms with Crippen molar-refractivity contribution in [3.8, 4) is 0 Å². The van der Waals surface area contributed by atoms with Crippen molar-refractivity contribution in [2.45, 2.75) is 38.2 Å². The first-order valence-corrected chi connectivity index (χ1v) is 8.24. The second-order valence-corrected chi connectivity index (χ2v) is 6.47. The van der Waals surface area contributed by atoms with Crippen molar-refractivity contribution in [2.75, 3.05) is 5.32 Å². The first-order valence-electron chi connectivity index (χ1n) is 7.86. The molecule has 1 aromatic carbocycles. The van der Waals surface area contributed by atoms with E-state index in [1.54, 1.807) is 18.3 Å². The van der Waals surface area contributed by atoms with Crippen molar-refractivity contribution in [3.05, 3.63) is 39.8 Å². The highest BCUT2D eigenvalue weighted by atomic mass is 35.5. The number of fused-ring (bicyclic) bond motifs is 1. The van der Waals surface area contributed by atoms with Gasteiger partial charge in [0.05, 0.1) is 10.7 Å². The summed E-state index contributed by atoms with van der Waals surface area (Å²) in [5.41, 5.74) is 0.175. The maximum Gasteiger partial charge on any atom is 0.255 e. The van der Waals surface area contributed by atoms with Crippen LogP contribution in [0.15, 0.2) is 29.2 Å². The van der Waals surface area contributed by atoms with Gasteiger partial charge in [0.15, 0.2) is 0 Å². The van der Waals surface area contributed by atoms with Gasteiger partial charge in [-0.05, 0) is 42.3 Å². The number of H-pyrrole nitrogens is 1. The van der Waals surface area contributed by atoms with E-state index in [0.717, 1.165) is 32.1 Å². The summed E-state index contributed by atoms with van der Waals surface area (Å²) in [7, 11) is 0. The number of aliphatic hydroxyl groups excluding tert-OH is 1. The van der Waals surface area contributed by atoms with Gasteiger partial charge < -0.3 is 15.4 Å². The van der Waals surface area contributed by atoms with Crippen LogP contribution in [0.5, 0.6) is 0 Å². The van der Waals surface area contributed by atoms with Crippen LogP contribution in [-0.4, -0.2) is 22.1 Å². The van der Waals surface area contributed by atoms with Gasteiger partial charge in [-0.3, -0.25) is 9.59 Å². The van der Waals surface area contributed by atoms with Crippen LogP contribution in [0.4, 0.5) is 5.69 Å². The van der Waals surface area contributed by atoms with Gasteiger partial charge >= 0.3 is 0 Å². The molecule has 5 nitrogen and oxygen atoms in total. The topological polar surface area (TPSA) is 82.2 Å². The Hall–Kier alpha value is -1.85. The van der Waals surface area contributed by atoms with Crippen molar-refractivity contribution in [1.29, 1.82) is 0 Å². The van der Waals surface area contributed by atoms with Crippen LogP contribution in [0.1, 0.15) is 32.1 Å². The fourth-order valence-corrected chi connectivity index (χ4v) is 3.39. The molecule has 1 aliphatic carbocycles. The average Bonchev–Trinajstić information content (AvgIpc) is 2.56. The number of aromatic amines is 1. The Balaban J connectivity index is 1.81. The van der Waals surface area contributed by atoms with Gasteiger partial charge in [0, 0.05) is 11.6 Å². The first-order chi connectivity index (χ1) is 11.1. The number of pyridine rings is 1. The number of anilines is 1. The summed E-state index contributed by atoms with van der Waals surface area (Å²) < 4.78 is 0. The predicted octanol–water partition coefficient (Wildman–Crippen LogP) is 3.06. The minimum Gasteiger partial charge on any atom is -0.383 e. The van der Waals surface area contributed by atoms with Crippen LogP contribution < -0.4 is 10.9 Å². The summed E-state index contributed by atoms with van der Waals surface area (Å²) in [4.78, 5) is 26.6. The predicted molar refractivity (Wildman–Crippen MR) is 90.8 cm³/mol. The second kappa shape index (κ2) is 6.72. The first kappa shape index (κ1) is 16.0. The van der Waals surface area contributed by atoms with Crippen LogP contribution in [0.3, 0.4) is 0 Å². The number of amides is 1. The zero-order chi connectivity index (χ0) is 16.4. The number of aromatic nitrogens is 1. The zero-order valence-corrected chi connectivity index (χ0v) is 13.4. The van der Waals surface area contributed by atoms with Gasteiger partial charge in [-0.1, -0.05) is 30.9 Å². The quantitative estimate of drug-likeness (QED) is 0.806. The fourth-order valence-electron chi connectivity index (χ4n) is 3.18. The summed E-state index contributed by atoms with van der Waals surface area (Å²) in [6.07, 6.45) is 5.52. The molecule has 1 aliphatic rings. The van der Waals surface area contributed by atoms with E-state index >= 15 is 0 Å². The monoisotopic (exact) mass is 334 g/mol. The third-order valence-corrected chi connectivity index (χ3v) is 4.80. The molecule has 122 valence electrons. The molecule has 0 radical (unpaired) electrons. The Labute approximate surface area is 138 Å². The average molecular weight is 335 g/mol. The van der Waals surface area contributed by atoms with Crippen molar-refractivity contribution in [1.82, 2.24) is 4.98 Å². The van der Waals surface area contributed by atoms with Crippen LogP contribution in [-0.2, 0) is 4.79 Å². The van der Waals surface area contributed by atoms with E-state index in [2.05, 4.69) is 10.3 Å². The Morgan fingerprint density at radius 3 is 2.78 bits per heavy atom. The van der Waals surface area contributed by atoms with E-state index in [9.17, 15) is 14.7 Å². The lowest BCUT2D eigenvalue weighted by molar-refractivity contribution is -0.127. The summed E-state index contributed by atoms with van der Waals surface area (Å²) in [5.74, 6) is -0.436. The lowest BCUT2D eigenvalue weighted by Gasteiger charge is -2.25. The molecule has 0 bridgehead atoms. The van der Waals surface area contributed by atoms with Crippen molar-refractivity contribution < 1.29 is 9.90 Å². The molecule has 1 saturated carbocycles. The highest BCUT2D eigenvalue weighted by molar-refractivity contribution is 6.34. The number of halogens is 1. The SMILES string of the molecule is O=C(Nc1cc2cc[nH]c(=O)c2cc1Cl)[C@@H](O)C1CCCCC1. The van der Waals surface area contributed by atoms with Crippen LogP contribution in [0.25, 0.3) is 10.8 Å². The maximum atomic E-state index is 12.3. The summed E-state index contributed by atoms with van der Waals surface area (Å²) in [6.45, 7) is 0. The van der Waals surface area contributed by atoms with Crippen LogP contribution in [0, 0.1) is 5.92 Å². The standard InChI is InChI=1S/C17H19ClN2O3/c18-13-9-12-11(6-7-19-16(12)22)8-14(13)20-17(23)15(21)10-4-2-1-3-5-10/h6-10,15,21H,1-5H2,(H,19,22)(H,20,23)/t15-/m0/s1. The number of carbonyl (C=O) groups excluding carboxylic acids is 1. The Bertz CT molecular complexity index is 781. The lowest BCUT2D eigenvalue weighted by atomic mass is 9.85. The minimum atomic E-state index is -1.03. The third-order valence-electron chi connectivity index (χ3n) is 4.48. The number of hydrogen-bond acceptors (Lipinski definition) is 3. The third kappa shape index (κ3) is 3.41. The molecule has 1 heterocycles. The van der Waals surface area contributed by atoms with E-state index in [1.165, 1.54) is 6.07 Å². The van der Waals surface area contributed by atoms with Gasteiger partial charge in [0.2, 0.25) is 0 Å². The van der Waals surface area contributed by atoms with Crippen LogP contribution in [0.2, 0.25) is 5.02 Å². The van der Waals surface area contributed by atoms with Crippen molar-refractivity contribution in [2.24, 2.45) is 5.92 Å². The Morgan fingerprint density at radius 2 is 2.04 bits per heavy atom. The molecule has 0 unspecified atom stereocenters. The molecule has 3 N–H and O–H groups in total. The molecule has 0 spiro atoms. The molecule has 0 saturated heterocycles. The van der Waals surface area contributed by atoms with E-state index in [0.29, 0.717) is 16.5 Å². The number of carbonyl (C=O) groups is 1. The summed E-state index contributed by atoms with van der Waals surface area (Å²) in [6, 6.07) is 4.91. The normalized spacial score (nSPS) is 17.1. The molecular formula is C17H19ClN2O3. The maximum absolute atomic E-state index is 12.3. The second-order valence-electron chi connectivity index (χ2n) is 6.06. The van der Waals surface area contributed by atoms with Gasteiger partial charge in [-0.2, -0.15) is 0 Å². The molecule has 23 heavy (non-hydrogen) atoms. The number of rotatable bonds is 3. The van der Waals surface area contributed by atoms with Crippen molar-refractivity contribution >= 4 is 34.0 Å². The molecule has 1 atom stereocenters. The number of hydrogen-bond donors (Lipinski definition) is 3. The molecule has 1 amide bonds. The number of nitrogens with one attached hydrogen (secondary N) is 2. The summed E-state index contributed by atoms with van der Waals surface area (Å²) >= 11 is 6.16. The minimum absolute atomic E-state index is 0.00539. The lowest BCUT2D eigenvalue weighted by Crippen LogP contribution is -2.35. The molecule has 0 aliphatic heterocycles. The van der Waals surface area contributed by atoms with E-state index in [-0.39, 0.29) is 16.5 Å².